The zero-order valence-electron chi connectivity index (χ0n) is 10.1. The largest absolute Gasteiger partial charge is 0.481 e. The average molecular weight is 311 g/mol. The zero-order valence-corrected chi connectivity index (χ0v) is 11.7. The van der Waals surface area contributed by atoms with Crippen LogP contribution in [0.1, 0.15) is 11.1 Å². The van der Waals surface area contributed by atoms with Gasteiger partial charge in [-0.3, -0.25) is 0 Å². The van der Waals surface area contributed by atoms with Gasteiger partial charge in [0, 0.05) is 23.1 Å². The third-order valence-corrected chi connectivity index (χ3v) is 3.49. The van der Waals surface area contributed by atoms with Crippen LogP contribution in [0.4, 0.5) is 0 Å². The van der Waals surface area contributed by atoms with Gasteiger partial charge >= 0.3 is 0 Å². The van der Waals surface area contributed by atoms with Crippen LogP contribution in [0.25, 0.3) is 0 Å². The van der Waals surface area contributed by atoms with E-state index < -0.39 is 0 Å². The quantitative estimate of drug-likeness (QED) is 0.921. The fourth-order valence-electron chi connectivity index (χ4n) is 1.84. The number of halogens is 1. The molecular weight excluding hydrogens is 296 g/mol. The first-order valence-electron chi connectivity index (χ1n) is 5.69. The minimum Gasteiger partial charge on any atom is -0.481 e. The SMILES string of the molecule is COc1c(CCO)cnn1Cc1ccccc1Br. The summed E-state index contributed by atoms with van der Waals surface area (Å²) in [4.78, 5) is 0. The summed E-state index contributed by atoms with van der Waals surface area (Å²) in [6.07, 6.45) is 2.30. The van der Waals surface area contributed by atoms with E-state index in [0.29, 0.717) is 18.8 Å². The highest BCUT2D eigenvalue weighted by Crippen LogP contribution is 2.22. The smallest absolute Gasteiger partial charge is 0.215 e. The lowest BCUT2D eigenvalue weighted by Crippen LogP contribution is -2.05. The maximum atomic E-state index is 8.98. The molecule has 4 nitrogen and oxygen atoms in total. The van der Waals surface area contributed by atoms with Crippen LogP contribution >= 0.6 is 15.9 Å². The Balaban J connectivity index is 2.27. The first-order chi connectivity index (χ1) is 8.76. The summed E-state index contributed by atoms with van der Waals surface area (Å²) < 4.78 is 8.20. The molecule has 0 aliphatic carbocycles. The molecule has 5 heteroatoms. The van der Waals surface area contributed by atoms with E-state index in [9.17, 15) is 0 Å². The van der Waals surface area contributed by atoms with Crippen molar-refractivity contribution in [3.05, 3.63) is 46.1 Å². The van der Waals surface area contributed by atoms with Crippen LogP contribution in [-0.4, -0.2) is 28.6 Å². The molecule has 1 N–H and O–H groups in total. The van der Waals surface area contributed by atoms with Gasteiger partial charge in [-0.2, -0.15) is 5.10 Å². The van der Waals surface area contributed by atoms with Crippen LogP contribution < -0.4 is 4.74 Å². The summed E-state index contributed by atoms with van der Waals surface area (Å²) >= 11 is 3.52. The van der Waals surface area contributed by atoms with Gasteiger partial charge in [0.05, 0.1) is 19.9 Å². The number of hydrogen-bond acceptors (Lipinski definition) is 3. The van der Waals surface area contributed by atoms with Gasteiger partial charge in [0.1, 0.15) is 0 Å². The molecule has 0 amide bonds. The number of nitrogens with zero attached hydrogens (tertiary/aromatic N) is 2. The van der Waals surface area contributed by atoms with Gasteiger partial charge in [0.25, 0.3) is 0 Å². The van der Waals surface area contributed by atoms with Crippen molar-refractivity contribution in [3.63, 3.8) is 0 Å². The molecular formula is C13H15BrN2O2. The topological polar surface area (TPSA) is 47.3 Å². The molecule has 0 fully saturated rings. The highest BCUT2D eigenvalue weighted by atomic mass is 79.9. The highest BCUT2D eigenvalue weighted by Gasteiger charge is 2.11. The lowest BCUT2D eigenvalue weighted by molar-refractivity contribution is 0.295. The van der Waals surface area contributed by atoms with E-state index in [4.69, 9.17) is 9.84 Å². The monoisotopic (exact) mass is 310 g/mol. The molecule has 0 aliphatic heterocycles. The fraction of sp³-hybridized carbons (Fsp3) is 0.308. The van der Waals surface area contributed by atoms with Crippen molar-refractivity contribution < 1.29 is 9.84 Å². The van der Waals surface area contributed by atoms with Gasteiger partial charge in [-0.05, 0) is 11.6 Å². The highest BCUT2D eigenvalue weighted by molar-refractivity contribution is 9.10. The molecule has 1 aromatic heterocycles. The van der Waals surface area contributed by atoms with E-state index in [1.54, 1.807) is 18.0 Å². The van der Waals surface area contributed by atoms with E-state index in [1.807, 2.05) is 24.3 Å². The Morgan fingerprint density at radius 2 is 2.11 bits per heavy atom. The van der Waals surface area contributed by atoms with E-state index in [1.165, 1.54) is 0 Å². The van der Waals surface area contributed by atoms with E-state index in [0.717, 1.165) is 15.6 Å². The summed E-state index contributed by atoms with van der Waals surface area (Å²) in [6, 6.07) is 8.01. The molecule has 1 heterocycles. The average Bonchev–Trinajstić information content (AvgIpc) is 2.75. The number of ether oxygens (including phenoxy) is 1. The Bertz CT molecular complexity index is 525. The standard InChI is InChI=1S/C13H15BrN2O2/c1-18-13-10(6-7-17)8-15-16(13)9-11-4-2-3-5-12(11)14/h2-5,8,17H,6-7,9H2,1H3. The zero-order chi connectivity index (χ0) is 13.0. The lowest BCUT2D eigenvalue weighted by atomic mass is 10.2. The van der Waals surface area contributed by atoms with E-state index in [-0.39, 0.29) is 6.61 Å². The minimum atomic E-state index is 0.0943. The predicted molar refractivity (Wildman–Crippen MR) is 72.8 cm³/mol. The maximum absolute atomic E-state index is 8.98. The van der Waals surface area contributed by atoms with Crippen LogP contribution in [-0.2, 0) is 13.0 Å². The van der Waals surface area contributed by atoms with Crippen LogP contribution in [0.15, 0.2) is 34.9 Å². The van der Waals surface area contributed by atoms with Crippen molar-refractivity contribution in [2.45, 2.75) is 13.0 Å². The maximum Gasteiger partial charge on any atom is 0.215 e. The van der Waals surface area contributed by atoms with Crippen LogP contribution in [0.5, 0.6) is 5.88 Å². The summed E-state index contributed by atoms with van der Waals surface area (Å²) in [5, 5.41) is 13.3. The van der Waals surface area contributed by atoms with Crippen molar-refractivity contribution in [1.82, 2.24) is 9.78 Å². The molecule has 18 heavy (non-hydrogen) atoms. The van der Waals surface area contributed by atoms with Crippen molar-refractivity contribution in [1.29, 1.82) is 0 Å². The Kier molecular flexibility index (Phi) is 4.38. The molecule has 0 spiro atoms. The predicted octanol–water partition coefficient (Wildman–Crippen LogP) is 2.24. The molecule has 0 aliphatic rings. The first-order valence-corrected chi connectivity index (χ1v) is 6.48. The number of rotatable bonds is 5. The Labute approximate surface area is 114 Å². The molecule has 0 radical (unpaired) electrons. The summed E-state index contributed by atoms with van der Waals surface area (Å²) in [5.41, 5.74) is 2.06. The Morgan fingerprint density at radius 1 is 1.33 bits per heavy atom. The Morgan fingerprint density at radius 3 is 2.78 bits per heavy atom. The third kappa shape index (κ3) is 2.73. The van der Waals surface area contributed by atoms with Crippen molar-refractivity contribution in [3.8, 4) is 5.88 Å². The molecule has 2 aromatic rings. The number of aromatic nitrogens is 2. The molecule has 0 bridgehead atoms. The number of hydrogen-bond donors (Lipinski definition) is 1. The van der Waals surface area contributed by atoms with Gasteiger partial charge in [-0.25, -0.2) is 4.68 Å². The second kappa shape index (κ2) is 6.02. The van der Waals surface area contributed by atoms with Gasteiger partial charge in [0.15, 0.2) is 0 Å². The van der Waals surface area contributed by atoms with E-state index >= 15 is 0 Å². The summed E-state index contributed by atoms with van der Waals surface area (Å²) in [6.45, 7) is 0.729. The molecule has 2 rings (SSSR count). The second-order valence-electron chi connectivity index (χ2n) is 3.90. The normalized spacial score (nSPS) is 10.6. The first kappa shape index (κ1) is 13.1. The van der Waals surface area contributed by atoms with Gasteiger partial charge in [0.2, 0.25) is 5.88 Å². The molecule has 1 aromatic carbocycles. The number of benzene rings is 1. The molecule has 96 valence electrons. The number of methoxy groups -OCH3 is 1. The molecule has 0 saturated carbocycles. The lowest BCUT2D eigenvalue weighted by Gasteiger charge is -2.09. The van der Waals surface area contributed by atoms with Gasteiger partial charge < -0.3 is 9.84 Å². The summed E-state index contributed by atoms with van der Waals surface area (Å²) in [5.74, 6) is 0.708. The Hall–Kier alpha value is -1.33. The second-order valence-corrected chi connectivity index (χ2v) is 4.76. The van der Waals surface area contributed by atoms with Crippen LogP contribution in [0, 0.1) is 0 Å². The molecule has 0 atom stereocenters. The van der Waals surface area contributed by atoms with Crippen molar-refractivity contribution in [2.24, 2.45) is 0 Å². The van der Waals surface area contributed by atoms with Crippen LogP contribution in [0.2, 0.25) is 0 Å². The van der Waals surface area contributed by atoms with Crippen molar-refractivity contribution in [2.75, 3.05) is 13.7 Å². The minimum absolute atomic E-state index is 0.0943. The fourth-order valence-corrected chi connectivity index (χ4v) is 2.25. The van der Waals surface area contributed by atoms with Gasteiger partial charge in [-0.1, -0.05) is 34.1 Å². The summed E-state index contributed by atoms with van der Waals surface area (Å²) in [7, 11) is 1.62. The number of aliphatic hydroxyl groups excluding tert-OH is 1. The van der Waals surface area contributed by atoms with Crippen molar-refractivity contribution >= 4 is 15.9 Å². The molecule has 0 saturated heterocycles. The van der Waals surface area contributed by atoms with Gasteiger partial charge in [-0.15, -0.1) is 0 Å². The third-order valence-electron chi connectivity index (χ3n) is 2.71. The van der Waals surface area contributed by atoms with E-state index in [2.05, 4.69) is 21.0 Å². The molecule has 0 unspecified atom stereocenters. The van der Waals surface area contributed by atoms with Crippen LogP contribution in [0.3, 0.4) is 0 Å². The number of aliphatic hydroxyl groups is 1.